The number of hydrogen-bond donors (Lipinski definition) is 2. The van der Waals surface area contributed by atoms with E-state index in [4.69, 9.17) is 0 Å². The van der Waals surface area contributed by atoms with Crippen LogP contribution in [0.25, 0.3) is 0 Å². The number of rotatable bonds is 5. The maximum absolute atomic E-state index is 13.0. The summed E-state index contributed by atoms with van der Waals surface area (Å²) in [5.74, 6) is -0.795. The second-order valence-corrected chi connectivity index (χ2v) is 6.58. The summed E-state index contributed by atoms with van der Waals surface area (Å²) in [6, 6.07) is 5.58. The fraction of sp³-hybridized carbons (Fsp3) is 0.421. The zero-order valence-corrected chi connectivity index (χ0v) is 15.0. The van der Waals surface area contributed by atoms with E-state index in [-0.39, 0.29) is 23.6 Å². The molecule has 2 N–H and O–H groups in total. The Labute approximate surface area is 151 Å². The lowest BCUT2D eigenvalue weighted by Gasteiger charge is -2.17. The van der Waals surface area contributed by atoms with Crippen LogP contribution in [-0.2, 0) is 13.0 Å². The fourth-order valence-electron chi connectivity index (χ4n) is 3.01. The maximum Gasteiger partial charge on any atom is 0.291 e. The van der Waals surface area contributed by atoms with Crippen LogP contribution in [0.2, 0.25) is 0 Å². The van der Waals surface area contributed by atoms with Crippen LogP contribution in [0, 0.1) is 5.82 Å². The highest BCUT2D eigenvalue weighted by Crippen LogP contribution is 2.22. The number of benzene rings is 1. The summed E-state index contributed by atoms with van der Waals surface area (Å²) in [4.78, 5) is 29.6. The van der Waals surface area contributed by atoms with Crippen LogP contribution in [-0.4, -0.2) is 27.4 Å². The van der Waals surface area contributed by atoms with Crippen molar-refractivity contribution in [3.8, 4) is 0 Å². The van der Waals surface area contributed by atoms with Gasteiger partial charge in [0.2, 0.25) is 0 Å². The molecule has 0 aliphatic carbocycles. The van der Waals surface area contributed by atoms with Crippen LogP contribution in [0.5, 0.6) is 0 Å². The number of imidazole rings is 1. The number of fused-ring (bicyclic) bond motifs is 1. The summed E-state index contributed by atoms with van der Waals surface area (Å²) in [6.45, 7) is 4.59. The molecule has 0 spiro atoms. The lowest BCUT2D eigenvalue weighted by Crippen LogP contribution is -2.33. The first kappa shape index (κ1) is 18.1. The van der Waals surface area contributed by atoms with Crippen molar-refractivity contribution in [1.29, 1.82) is 0 Å². The lowest BCUT2D eigenvalue weighted by atomic mass is 10.1. The Morgan fingerprint density at radius 2 is 1.96 bits per heavy atom. The van der Waals surface area contributed by atoms with Crippen LogP contribution >= 0.6 is 0 Å². The van der Waals surface area contributed by atoms with E-state index in [0.717, 1.165) is 31.4 Å². The Morgan fingerprint density at radius 1 is 1.23 bits per heavy atom. The van der Waals surface area contributed by atoms with Gasteiger partial charge >= 0.3 is 0 Å². The normalized spacial score (nSPS) is 14.4. The van der Waals surface area contributed by atoms with Gasteiger partial charge in [-0.15, -0.1) is 0 Å². The number of amides is 2. The van der Waals surface area contributed by atoms with Gasteiger partial charge in [0.25, 0.3) is 11.8 Å². The minimum atomic E-state index is -0.401. The molecule has 26 heavy (non-hydrogen) atoms. The first-order valence-corrected chi connectivity index (χ1v) is 8.96. The van der Waals surface area contributed by atoms with E-state index in [1.807, 2.05) is 18.4 Å². The van der Waals surface area contributed by atoms with Gasteiger partial charge in [-0.1, -0.05) is 6.92 Å². The molecule has 2 amide bonds. The molecule has 3 rings (SSSR count). The summed E-state index contributed by atoms with van der Waals surface area (Å²) in [6.07, 6.45) is 3.45. The molecule has 2 aromatic rings. The molecule has 1 aliphatic heterocycles. The second kappa shape index (κ2) is 7.68. The van der Waals surface area contributed by atoms with Gasteiger partial charge in [0, 0.05) is 18.3 Å². The average Bonchev–Trinajstić information content (AvgIpc) is 3.03. The summed E-state index contributed by atoms with van der Waals surface area (Å²) in [5, 5.41) is 5.64. The fourth-order valence-corrected chi connectivity index (χ4v) is 3.01. The number of carbonyl (C=O) groups is 2. The average molecular weight is 358 g/mol. The molecular formula is C19H23FN4O2. The molecule has 0 saturated heterocycles. The Morgan fingerprint density at radius 3 is 2.65 bits per heavy atom. The third-order valence-electron chi connectivity index (χ3n) is 4.63. The molecule has 7 heteroatoms. The molecule has 1 aliphatic rings. The molecule has 1 atom stereocenters. The van der Waals surface area contributed by atoms with Gasteiger partial charge in [0.15, 0.2) is 5.82 Å². The zero-order valence-electron chi connectivity index (χ0n) is 15.0. The lowest BCUT2D eigenvalue weighted by molar-refractivity contribution is 0.0933. The quantitative estimate of drug-likeness (QED) is 0.862. The molecule has 1 unspecified atom stereocenters. The number of nitrogens with one attached hydrogen (secondary N) is 2. The largest absolute Gasteiger partial charge is 0.348 e. The number of aromatic nitrogens is 2. The van der Waals surface area contributed by atoms with Gasteiger partial charge in [-0.2, -0.15) is 0 Å². The van der Waals surface area contributed by atoms with Gasteiger partial charge < -0.3 is 15.2 Å². The molecule has 138 valence electrons. The minimum Gasteiger partial charge on any atom is -0.348 e. The van der Waals surface area contributed by atoms with Crippen molar-refractivity contribution >= 4 is 17.5 Å². The third-order valence-corrected chi connectivity index (χ3v) is 4.63. The van der Waals surface area contributed by atoms with E-state index in [9.17, 15) is 14.0 Å². The third kappa shape index (κ3) is 3.76. The summed E-state index contributed by atoms with van der Waals surface area (Å²) >= 11 is 0. The van der Waals surface area contributed by atoms with E-state index in [1.165, 1.54) is 24.3 Å². The number of hydrogen-bond acceptors (Lipinski definition) is 3. The summed E-state index contributed by atoms with van der Waals surface area (Å²) < 4.78 is 14.9. The highest BCUT2D eigenvalue weighted by atomic mass is 19.1. The van der Waals surface area contributed by atoms with E-state index >= 15 is 0 Å². The smallest absolute Gasteiger partial charge is 0.291 e. The monoisotopic (exact) mass is 358 g/mol. The van der Waals surface area contributed by atoms with Crippen LogP contribution in [0.4, 0.5) is 10.1 Å². The minimum absolute atomic E-state index is 0.0416. The van der Waals surface area contributed by atoms with Crippen molar-refractivity contribution < 1.29 is 14.0 Å². The molecule has 6 nitrogen and oxygen atoms in total. The van der Waals surface area contributed by atoms with E-state index in [1.54, 1.807) is 0 Å². The predicted molar refractivity (Wildman–Crippen MR) is 96.7 cm³/mol. The van der Waals surface area contributed by atoms with E-state index < -0.39 is 5.91 Å². The molecular weight excluding hydrogens is 335 g/mol. The van der Waals surface area contributed by atoms with Gasteiger partial charge in [-0.25, -0.2) is 9.37 Å². The summed E-state index contributed by atoms with van der Waals surface area (Å²) in [7, 11) is 0. The Kier molecular flexibility index (Phi) is 5.35. The highest BCUT2D eigenvalue weighted by molar-refractivity contribution is 6.03. The highest BCUT2D eigenvalue weighted by Gasteiger charge is 2.27. The van der Waals surface area contributed by atoms with Gasteiger partial charge in [0.1, 0.15) is 11.5 Å². The Balaban J connectivity index is 1.88. The number of halogens is 1. The molecule has 1 aromatic heterocycles. The van der Waals surface area contributed by atoms with Crippen molar-refractivity contribution in [2.45, 2.75) is 52.1 Å². The maximum atomic E-state index is 13.0. The predicted octanol–water partition coefficient (Wildman–Crippen LogP) is 3.14. The standard InChI is InChI=1S/C19H23FN4O2/c1-3-12(2)21-18(25)16-15-6-4-5-11-24(15)17(23-16)19(26)22-14-9-7-13(20)8-10-14/h7-10,12H,3-6,11H2,1-2H3,(H,21,25)(H,22,26). The topological polar surface area (TPSA) is 76.0 Å². The summed E-state index contributed by atoms with van der Waals surface area (Å²) in [5.41, 5.74) is 1.62. The SMILES string of the molecule is CCC(C)NC(=O)c1nc(C(=O)Nc2ccc(F)cc2)n2c1CCCC2. The molecule has 2 heterocycles. The van der Waals surface area contributed by atoms with E-state index in [0.29, 0.717) is 17.9 Å². The molecule has 0 saturated carbocycles. The number of carbonyl (C=O) groups excluding carboxylic acids is 2. The van der Waals surface area contributed by atoms with Crippen molar-refractivity contribution in [2.75, 3.05) is 5.32 Å². The molecule has 1 aromatic carbocycles. The van der Waals surface area contributed by atoms with Gasteiger partial charge in [-0.05, 0) is 56.9 Å². The zero-order chi connectivity index (χ0) is 18.7. The van der Waals surface area contributed by atoms with Crippen molar-refractivity contribution in [2.24, 2.45) is 0 Å². The van der Waals surface area contributed by atoms with Crippen LogP contribution < -0.4 is 10.6 Å². The van der Waals surface area contributed by atoms with E-state index in [2.05, 4.69) is 15.6 Å². The molecule has 0 fully saturated rings. The number of nitrogens with zero attached hydrogens (tertiary/aromatic N) is 2. The van der Waals surface area contributed by atoms with Crippen molar-refractivity contribution in [3.63, 3.8) is 0 Å². The van der Waals surface area contributed by atoms with Crippen molar-refractivity contribution in [1.82, 2.24) is 14.9 Å². The van der Waals surface area contributed by atoms with Crippen LogP contribution in [0.1, 0.15) is 59.9 Å². The van der Waals surface area contributed by atoms with Crippen LogP contribution in [0.3, 0.4) is 0 Å². The van der Waals surface area contributed by atoms with Gasteiger partial charge in [-0.3, -0.25) is 9.59 Å². The Hall–Kier alpha value is -2.70. The van der Waals surface area contributed by atoms with Gasteiger partial charge in [0.05, 0.1) is 5.69 Å². The number of anilines is 1. The molecule has 0 radical (unpaired) electrons. The second-order valence-electron chi connectivity index (χ2n) is 6.58. The first-order valence-electron chi connectivity index (χ1n) is 8.96. The first-order chi connectivity index (χ1) is 12.5. The molecule has 0 bridgehead atoms. The Bertz CT molecular complexity index is 814. The van der Waals surface area contributed by atoms with Crippen molar-refractivity contribution in [3.05, 3.63) is 47.3 Å². The van der Waals surface area contributed by atoms with Crippen LogP contribution in [0.15, 0.2) is 24.3 Å².